The van der Waals surface area contributed by atoms with E-state index in [4.69, 9.17) is 9.47 Å². The van der Waals surface area contributed by atoms with Crippen molar-refractivity contribution in [3.05, 3.63) is 16.6 Å². The molecule has 4 nitrogen and oxygen atoms in total. The summed E-state index contributed by atoms with van der Waals surface area (Å²) >= 11 is 1.61. The van der Waals surface area contributed by atoms with E-state index in [1.807, 2.05) is 5.38 Å². The zero-order valence-electron chi connectivity index (χ0n) is 9.93. The van der Waals surface area contributed by atoms with Crippen molar-refractivity contribution < 1.29 is 14.3 Å². The number of hydrogen-bond acceptors (Lipinski definition) is 5. The fourth-order valence-corrected chi connectivity index (χ4v) is 2.68. The van der Waals surface area contributed by atoms with Crippen LogP contribution in [0.3, 0.4) is 0 Å². The van der Waals surface area contributed by atoms with Crippen molar-refractivity contribution >= 4 is 17.3 Å². The number of carbonyl (C=O) groups excluding carboxylic acids is 1. The second kappa shape index (κ2) is 6.12. The molecule has 0 bridgehead atoms. The van der Waals surface area contributed by atoms with Gasteiger partial charge in [-0.2, -0.15) is 0 Å². The third kappa shape index (κ3) is 3.51. The summed E-state index contributed by atoms with van der Waals surface area (Å²) in [5, 5.41) is 2.97. The number of methoxy groups -OCH3 is 1. The van der Waals surface area contributed by atoms with Crippen molar-refractivity contribution in [2.24, 2.45) is 5.92 Å². The van der Waals surface area contributed by atoms with E-state index in [2.05, 4.69) is 4.98 Å². The summed E-state index contributed by atoms with van der Waals surface area (Å²) in [7, 11) is 1.45. The predicted molar refractivity (Wildman–Crippen MR) is 64.7 cm³/mol. The third-order valence-corrected chi connectivity index (χ3v) is 3.89. The Morgan fingerprint density at radius 3 is 2.82 bits per heavy atom. The molecule has 0 N–H and O–H groups in total. The Balaban J connectivity index is 1.70. The van der Waals surface area contributed by atoms with E-state index in [0.717, 1.165) is 30.7 Å². The quantitative estimate of drug-likeness (QED) is 0.775. The van der Waals surface area contributed by atoms with Gasteiger partial charge in [0.2, 0.25) is 0 Å². The van der Waals surface area contributed by atoms with E-state index in [9.17, 15) is 4.79 Å². The molecule has 17 heavy (non-hydrogen) atoms. The van der Waals surface area contributed by atoms with Crippen molar-refractivity contribution in [2.75, 3.05) is 7.11 Å². The van der Waals surface area contributed by atoms with Crippen LogP contribution in [0.25, 0.3) is 0 Å². The maximum Gasteiger partial charge on any atom is 0.308 e. The van der Waals surface area contributed by atoms with Gasteiger partial charge in [-0.05, 0) is 25.7 Å². The molecule has 1 aliphatic carbocycles. The highest BCUT2D eigenvalue weighted by Gasteiger charge is 2.27. The van der Waals surface area contributed by atoms with Crippen molar-refractivity contribution in [3.8, 4) is 0 Å². The average molecular weight is 255 g/mol. The van der Waals surface area contributed by atoms with Gasteiger partial charge >= 0.3 is 5.97 Å². The number of esters is 1. The normalized spacial score (nSPS) is 24.5. The predicted octanol–water partition coefficient (Wildman–Crippen LogP) is 2.39. The molecule has 1 fully saturated rings. The van der Waals surface area contributed by atoms with Gasteiger partial charge in [-0.25, -0.2) is 4.98 Å². The molecule has 1 aromatic heterocycles. The first-order valence-corrected chi connectivity index (χ1v) is 6.75. The number of rotatable bonds is 4. The standard InChI is InChI=1S/C12H17NO3S/c1-15-12(14)9-2-4-10(5-3-9)16-8-11-13-6-7-17-11/h6-7,9-10H,2-5,8H2,1H3. The number of thiazole rings is 1. The van der Waals surface area contributed by atoms with Crippen LogP contribution in [0.5, 0.6) is 0 Å². The molecule has 0 atom stereocenters. The Kier molecular flexibility index (Phi) is 4.50. The van der Waals surface area contributed by atoms with Crippen molar-refractivity contribution in [2.45, 2.75) is 38.4 Å². The highest BCUT2D eigenvalue weighted by molar-refractivity contribution is 7.09. The van der Waals surface area contributed by atoms with Gasteiger partial charge in [-0.3, -0.25) is 4.79 Å². The fraction of sp³-hybridized carbons (Fsp3) is 0.667. The lowest BCUT2D eigenvalue weighted by atomic mass is 9.87. The monoisotopic (exact) mass is 255 g/mol. The lowest BCUT2D eigenvalue weighted by Crippen LogP contribution is -2.26. The van der Waals surface area contributed by atoms with Crippen LogP contribution in [0.4, 0.5) is 0 Å². The van der Waals surface area contributed by atoms with Gasteiger partial charge in [0.25, 0.3) is 0 Å². The molecule has 1 saturated carbocycles. The Bertz CT molecular complexity index is 345. The summed E-state index contributed by atoms with van der Waals surface area (Å²) in [4.78, 5) is 15.5. The summed E-state index contributed by atoms with van der Waals surface area (Å²) in [6, 6.07) is 0. The minimum atomic E-state index is -0.0802. The van der Waals surface area contributed by atoms with Crippen LogP contribution in [0.1, 0.15) is 30.7 Å². The first-order chi connectivity index (χ1) is 8.29. The SMILES string of the molecule is COC(=O)C1CCC(OCc2nccs2)CC1. The first kappa shape index (κ1) is 12.5. The molecule has 0 unspecified atom stereocenters. The molecule has 0 saturated heterocycles. The largest absolute Gasteiger partial charge is 0.469 e. The second-order valence-corrected chi connectivity index (χ2v) is 5.21. The minimum absolute atomic E-state index is 0.0692. The van der Waals surface area contributed by atoms with Gasteiger partial charge in [-0.1, -0.05) is 0 Å². The Labute approximate surface area is 105 Å². The Morgan fingerprint density at radius 2 is 2.24 bits per heavy atom. The molecular weight excluding hydrogens is 238 g/mol. The van der Waals surface area contributed by atoms with E-state index in [-0.39, 0.29) is 18.0 Å². The van der Waals surface area contributed by atoms with E-state index < -0.39 is 0 Å². The Morgan fingerprint density at radius 1 is 1.47 bits per heavy atom. The topological polar surface area (TPSA) is 48.4 Å². The van der Waals surface area contributed by atoms with E-state index in [1.54, 1.807) is 17.5 Å². The highest BCUT2D eigenvalue weighted by atomic mass is 32.1. The minimum Gasteiger partial charge on any atom is -0.469 e. The summed E-state index contributed by atoms with van der Waals surface area (Å²) < 4.78 is 10.5. The third-order valence-electron chi connectivity index (χ3n) is 3.13. The number of carbonyl (C=O) groups is 1. The highest BCUT2D eigenvalue weighted by Crippen LogP contribution is 2.27. The maximum atomic E-state index is 11.3. The molecule has 5 heteroatoms. The molecule has 94 valence electrons. The van der Waals surface area contributed by atoms with E-state index in [0.29, 0.717) is 6.61 Å². The van der Waals surface area contributed by atoms with Crippen LogP contribution in [0, 0.1) is 5.92 Å². The zero-order chi connectivity index (χ0) is 12.1. The number of ether oxygens (including phenoxy) is 2. The first-order valence-electron chi connectivity index (χ1n) is 5.87. The van der Waals surface area contributed by atoms with Gasteiger partial charge < -0.3 is 9.47 Å². The molecule has 0 amide bonds. The van der Waals surface area contributed by atoms with Gasteiger partial charge in [-0.15, -0.1) is 11.3 Å². The number of aromatic nitrogens is 1. The van der Waals surface area contributed by atoms with Crippen molar-refractivity contribution in [1.82, 2.24) is 4.98 Å². The van der Waals surface area contributed by atoms with Gasteiger partial charge in [0.1, 0.15) is 5.01 Å². The number of nitrogens with zero attached hydrogens (tertiary/aromatic N) is 1. The molecule has 0 radical (unpaired) electrons. The molecule has 1 heterocycles. The fourth-order valence-electron chi connectivity index (χ4n) is 2.15. The van der Waals surface area contributed by atoms with Gasteiger partial charge in [0.15, 0.2) is 0 Å². The van der Waals surface area contributed by atoms with E-state index in [1.165, 1.54) is 7.11 Å². The smallest absolute Gasteiger partial charge is 0.308 e. The molecule has 0 aromatic carbocycles. The van der Waals surface area contributed by atoms with Crippen LogP contribution in [0.15, 0.2) is 11.6 Å². The lowest BCUT2D eigenvalue weighted by molar-refractivity contribution is -0.147. The van der Waals surface area contributed by atoms with Crippen LogP contribution in [0.2, 0.25) is 0 Å². The lowest BCUT2D eigenvalue weighted by Gasteiger charge is -2.26. The van der Waals surface area contributed by atoms with Gasteiger partial charge in [0, 0.05) is 11.6 Å². The summed E-state index contributed by atoms with van der Waals surface area (Å²) in [5.74, 6) is -0.0110. The molecule has 0 aliphatic heterocycles. The average Bonchev–Trinajstić information content (AvgIpc) is 2.89. The number of hydrogen-bond donors (Lipinski definition) is 0. The van der Waals surface area contributed by atoms with Crippen LogP contribution in [-0.2, 0) is 20.9 Å². The molecular formula is C12H17NO3S. The maximum absolute atomic E-state index is 11.3. The zero-order valence-corrected chi connectivity index (χ0v) is 10.7. The van der Waals surface area contributed by atoms with Crippen LogP contribution < -0.4 is 0 Å². The summed E-state index contributed by atoms with van der Waals surface area (Å²) in [5.41, 5.74) is 0. The molecule has 1 aromatic rings. The van der Waals surface area contributed by atoms with Crippen molar-refractivity contribution in [3.63, 3.8) is 0 Å². The summed E-state index contributed by atoms with van der Waals surface area (Å²) in [6.07, 6.45) is 5.66. The van der Waals surface area contributed by atoms with E-state index >= 15 is 0 Å². The molecule has 1 aliphatic rings. The van der Waals surface area contributed by atoms with Crippen molar-refractivity contribution in [1.29, 1.82) is 0 Å². The van der Waals surface area contributed by atoms with Crippen LogP contribution >= 0.6 is 11.3 Å². The Hall–Kier alpha value is -0.940. The summed E-state index contributed by atoms with van der Waals surface area (Å²) in [6.45, 7) is 0.589. The van der Waals surface area contributed by atoms with Gasteiger partial charge in [0.05, 0.1) is 25.7 Å². The van der Waals surface area contributed by atoms with Crippen LogP contribution in [-0.4, -0.2) is 24.2 Å². The molecule has 0 spiro atoms. The second-order valence-electron chi connectivity index (χ2n) is 4.23. The molecule has 2 rings (SSSR count).